The Bertz CT molecular complexity index is 615. The first-order chi connectivity index (χ1) is 10.1. The number of benzene rings is 1. The van der Waals surface area contributed by atoms with Crippen molar-refractivity contribution in [1.29, 1.82) is 0 Å². The number of nitrogens with one attached hydrogen (secondary N) is 1. The molecule has 0 saturated heterocycles. The number of aryl methyl sites for hydroxylation is 1. The molecule has 1 amide bonds. The van der Waals surface area contributed by atoms with Crippen molar-refractivity contribution in [1.82, 2.24) is 9.69 Å². The number of halogens is 1. The number of ether oxygens (including phenoxy) is 1. The van der Waals surface area contributed by atoms with E-state index in [-0.39, 0.29) is 17.8 Å². The zero-order chi connectivity index (χ0) is 15.2. The molecule has 0 fully saturated rings. The van der Waals surface area contributed by atoms with Gasteiger partial charge >= 0.3 is 0 Å². The molecule has 21 heavy (non-hydrogen) atoms. The highest BCUT2D eigenvalue weighted by molar-refractivity contribution is 7.03. The molecule has 1 aromatic carbocycles. The van der Waals surface area contributed by atoms with Crippen molar-refractivity contribution in [2.24, 2.45) is 0 Å². The van der Waals surface area contributed by atoms with E-state index in [4.69, 9.17) is 4.74 Å². The predicted molar refractivity (Wildman–Crippen MR) is 80.3 cm³/mol. The van der Waals surface area contributed by atoms with E-state index in [0.29, 0.717) is 24.3 Å². The van der Waals surface area contributed by atoms with Gasteiger partial charge in [-0.05, 0) is 37.0 Å². The molecule has 0 unspecified atom stereocenters. The quantitative estimate of drug-likeness (QED) is 0.891. The van der Waals surface area contributed by atoms with E-state index < -0.39 is 0 Å². The Hall–Kier alpha value is -1.95. The molecule has 1 atom stereocenters. The molecular formula is C15H17FN2O2S. The summed E-state index contributed by atoms with van der Waals surface area (Å²) < 4.78 is 22.9. The molecule has 0 spiro atoms. The molecule has 0 aliphatic rings. The minimum atomic E-state index is -0.341. The zero-order valence-electron chi connectivity index (χ0n) is 11.9. The van der Waals surface area contributed by atoms with Gasteiger partial charge in [-0.1, -0.05) is 13.0 Å². The number of carbonyl (C=O) groups is 1. The number of hydrogen-bond donors (Lipinski definition) is 1. The van der Waals surface area contributed by atoms with Gasteiger partial charge in [0.25, 0.3) is 5.91 Å². The molecule has 0 aliphatic heterocycles. The Labute approximate surface area is 127 Å². The minimum Gasteiger partial charge on any atom is -0.489 e. The fraction of sp³-hybridized carbons (Fsp3) is 0.333. The maximum atomic E-state index is 13.1. The summed E-state index contributed by atoms with van der Waals surface area (Å²) >= 11 is 1.26. The second kappa shape index (κ2) is 7.17. The van der Waals surface area contributed by atoms with Crippen LogP contribution in [0.25, 0.3) is 0 Å². The van der Waals surface area contributed by atoms with Gasteiger partial charge in [-0.3, -0.25) is 4.79 Å². The summed E-state index contributed by atoms with van der Waals surface area (Å²) in [5.41, 5.74) is 1.30. The largest absolute Gasteiger partial charge is 0.489 e. The highest BCUT2D eigenvalue weighted by atomic mass is 32.1. The summed E-state index contributed by atoms with van der Waals surface area (Å²) in [6, 6.07) is 5.98. The van der Waals surface area contributed by atoms with Crippen molar-refractivity contribution >= 4 is 17.4 Å². The summed E-state index contributed by atoms with van der Waals surface area (Å²) in [4.78, 5) is 12.0. The van der Waals surface area contributed by atoms with Crippen molar-refractivity contribution in [3.05, 3.63) is 46.7 Å². The van der Waals surface area contributed by atoms with Gasteiger partial charge in [0.1, 0.15) is 17.7 Å². The topological polar surface area (TPSA) is 51.2 Å². The Morgan fingerprint density at radius 3 is 2.95 bits per heavy atom. The number of carbonyl (C=O) groups excluding carboxylic acids is 1. The molecule has 0 aliphatic carbocycles. The first-order valence-electron chi connectivity index (χ1n) is 6.71. The second-order valence-electron chi connectivity index (χ2n) is 4.63. The van der Waals surface area contributed by atoms with Gasteiger partial charge < -0.3 is 10.1 Å². The first kappa shape index (κ1) is 15.4. The molecule has 0 bridgehead atoms. The van der Waals surface area contributed by atoms with E-state index in [1.165, 1.54) is 23.7 Å². The average molecular weight is 308 g/mol. The lowest BCUT2D eigenvalue weighted by molar-refractivity contribution is 0.0925. The minimum absolute atomic E-state index is 0.164. The molecule has 2 aromatic rings. The van der Waals surface area contributed by atoms with Gasteiger partial charge in [0.2, 0.25) is 0 Å². The van der Waals surface area contributed by atoms with Gasteiger partial charge in [0.05, 0.1) is 17.8 Å². The maximum Gasteiger partial charge on any atom is 0.254 e. The Morgan fingerprint density at radius 2 is 2.33 bits per heavy atom. The molecule has 2 rings (SSSR count). The van der Waals surface area contributed by atoms with E-state index in [9.17, 15) is 9.18 Å². The number of nitrogens with zero attached hydrogens (tertiary/aromatic N) is 1. The van der Waals surface area contributed by atoms with Crippen molar-refractivity contribution < 1.29 is 13.9 Å². The van der Waals surface area contributed by atoms with Crippen LogP contribution in [0.1, 0.15) is 29.4 Å². The molecule has 1 N–H and O–H groups in total. The first-order valence-corrected chi connectivity index (χ1v) is 7.55. The van der Waals surface area contributed by atoms with E-state index in [1.807, 2.05) is 6.92 Å². The monoisotopic (exact) mass is 308 g/mol. The number of amides is 1. The second-order valence-corrected chi connectivity index (χ2v) is 5.26. The highest BCUT2D eigenvalue weighted by Crippen LogP contribution is 2.15. The zero-order valence-corrected chi connectivity index (χ0v) is 12.7. The third-order valence-electron chi connectivity index (χ3n) is 3.04. The molecule has 4 nitrogen and oxygen atoms in total. The SMILES string of the molecule is CC[C@H](CNC(=O)c1csnc1C)Oc1cccc(F)c1. The summed E-state index contributed by atoms with van der Waals surface area (Å²) in [7, 11) is 0. The van der Waals surface area contributed by atoms with Crippen LogP contribution in [-0.4, -0.2) is 22.9 Å². The van der Waals surface area contributed by atoms with Gasteiger partial charge in [0.15, 0.2) is 0 Å². The standard InChI is InChI=1S/C15H17FN2O2S/c1-3-12(20-13-6-4-5-11(16)7-13)8-17-15(19)14-9-21-18-10(14)2/h4-7,9,12H,3,8H2,1-2H3,(H,17,19)/t12-/m1/s1. The summed E-state index contributed by atoms with van der Waals surface area (Å²) in [5.74, 6) is -0.0432. The van der Waals surface area contributed by atoms with Crippen molar-refractivity contribution in [3.63, 3.8) is 0 Å². The van der Waals surface area contributed by atoms with Crippen molar-refractivity contribution in [2.45, 2.75) is 26.4 Å². The molecule has 0 radical (unpaired) electrons. The molecular weight excluding hydrogens is 291 g/mol. The number of hydrogen-bond acceptors (Lipinski definition) is 4. The van der Waals surface area contributed by atoms with Crippen LogP contribution in [0, 0.1) is 12.7 Å². The Kier molecular flexibility index (Phi) is 5.27. The molecule has 1 heterocycles. The van der Waals surface area contributed by atoms with Crippen LogP contribution in [-0.2, 0) is 0 Å². The van der Waals surface area contributed by atoms with Gasteiger partial charge in [0, 0.05) is 11.4 Å². The van der Waals surface area contributed by atoms with Crippen LogP contribution < -0.4 is 10.1 Å². The smallest absolute Gasteiger partial charge is 0.254 e. The fourth-order valence-corrected chi connectivity index (χ4v) is 2.51. The summed E-state index contributed by atoms with van der Waals surface area (Å²) in [6.07, 6.45) is 0.500. The Balaban J connectivity index is 1.91. The number of aromatic nitrogens is 1. The fourth-order valence-electron chi connectivity index (χ4n) is 1.81. The van der Waals surface area contributed by atoms with Gasteiger partial charge in [-0.2, -0.15) is 4.37 Å². The Morgan fingerprint density at radius 1 is 1.52 bits per heavy atom. The molecule has 112 valence electrons. The lowest BCUT2D eigenvalue weighted by atomic mass is 10.2. The van der Waals surface area contributed by atoms with Crippen LogP contribution in [0.5, 0.6) is 5.75 Å². The lowest BCUT2D eigenvalue weighted by Gasteiger charge is -2.18. The van der Waals surface area contributed by atoms with Crippen molar-refractivity contribution in [3.8, 4) is 5.75 Å². The van der Waals surface area contributed by atoms with Crippen LogP contribution in [0.4, 0.5) is 4.39 Å². The average Bonchev–Trinajstić information content (AvgIpc) is 2.89. The summed E-state index contributed by atoms with van der Waals surface area (Å²) in [6.45, 7) is 4.11. The van der Waals surface area contributed by atoms with Crippen LogP contribution in [0.15, 0.2) is 29.6 Å². The molecule has 6 heteroatoms. The van der Waals surface area contributed by atoms with E-state index >= 15 is 0 Å². The summed E-state index contributed by atoms with van der Waals surface area (Å²) in [5, 5.41) is 4.54. The molecule has 1 aromatic heterocycles. The van der Waals surface area contributed by atoms with Crippen LogP contribution in [0.2, 0.25) is 0 Å². The van der Waals surface area contributed by atoms with Gasteiger partial charge in [-0.15, -0.1) is 0 Å². The van der Waals surface area contributed by atoms with Gasteiger partial charge in [-0.25, -0.2) is 4.39 Å². The predicted octanol–water partition coefficient (Wildman–Crippen LogP) is 3.18. The van der Waals surface area contributed by atoms with Crippen LogP contribution >= 0.6 is 11.5 Å². The van der Waals surface area contributed by atoms with E-state index in [2.05, 4.69) is 9.69 Å². The van der Waals surface area contributed by atoms with E-state index in [1.54, 1.807) is 24.4 Å². The normalized spacial score (nSPS) is 12.0. The van der Waals surface area contributed by atoms with Crippen molar-refractivity contribution in [2.75, 3.05) is 6.54 Å². The lowest BCUT2D eigenvalue weighted by Crippen LogP contribution is -2.35. The van der Waals surface area contributed by atoms with E-state index in [0.717, 1.165) is 5.69 Å². The third-order valence-corrected chi connectivity index (χ3v) is 3.76. The van der Waals surface area contributed by atoms with Crippen LogP contribution in [0.3, 0.4) is 0 Å². The maximum absolute atomic E-state index is 13.1. The number of rotatable bonds is 6. The third kappa shape index (κ3) is 4.26. The molecule has 0 saturated carbocycles. The highest BCUT2D eigenvalue weighted by Gasteiger charge is 2.14.